The summed E-state index contributed by atoms with van der Waals surface area (Å²) in [5.41, 5.74) is 2.34. The predicted octanol–water partition coefficient (Wildman–Crippen LogP) is 4.17. The molecule has 0 aromatic heterocycles. The van der Waals surface area contributed by atoms with Crippen LogP contribution >= 0.6 is 0 Å². The van der Waals surface area contributed by atoms with Gasteiger partial charge in [0.25, 0.3) is 0 Å². The fraction of sp³-hybridized carbons (Fsp3) is 0.368. The van der Waals surface area contributed by atoms with Crippen molar-refractivity contribution in [2.45, 2.75) is 20.3 Å². The molecule has 0 saturated heterocycles. The van der Waals surface area contributed by atoms with Crippen LogP contribution in [0.2, 0.25) is 0 Å². The van der Waals surface area contributed by atoms with E-state index in [0.717, 1.165) is 17.7 Å². The van der Waals surface area contributed by atoms with Gasteiger partial charge in [-0.3, -0.25) is 0 Å². The molecule has 0 aliphatic heterocycles. The lowest BCUT2D eigenvalue weighted by atomic mass is 10.1. The molecule has 0 amide bonds. The van der Waals surface area contributed by atoms with Crippen molar-refractivity contribution in [1.29, 1.82) is 0 Å². The highest BCUT2D eigenvalue weighted by molar-refractivity contribution is 5.51. The summed E-state index contributed by atoms with van der Waals surface area (Å²) in [5, 5.41) is 0. The van der Waals surface area contributed by atoms with Crippen LogP contribution in [0.25, 0.3) is 0 Å². The first-order valence-corrected chi connectivity index (χ1v) is 7.69. The largest absolute Gasteiger partial charge is 0.493 e. The number of hydrogen-bond donors (Lipinski definition) is 0. The molecule has 0 atom stereocenters. The van der Waals surface area contributed by atoms with Crippen LogP contribution in [-0.2, 0) is 0 Å². The van der Waals surface area contributed by atoms with Crippen molar-refractivity contribution >= 4 is 0 Å². The van der Waals surface area contributed by atoms with E-state index < -0.39 is 0 Å². The van der Waals surface area contributed by atoms with Gasteiger partial charge in [0.2, 0.25) is 5.75 Å². The molecule has 0 aliphatic carbocycles. The van der Waals surface area contributed by atoms with E-state index in [-0.39, 0.29) is 0 Å². The molecule has 0 heterocycles. The monoisotopic (exact) mass is 316 g/mol. The fourth-order valence-corrected chi connectivity index (χ4v) is 2.24. The van der Waals surface area contributed by atoms with Crippen LogP contribution in [0.1, 0.15) is 17.5 Å². The molecule has 0 saturated carbocycles. The van der Waals surface area contributed by atoms with Gasteiger partial charge in [-0.05, 0) is 43.2 Å². The summed E-state index contributed by atoms with van der Waals surface area (Å²) in [6.45, 7) is 5.23. The Morgan fingerprint density at radius 3 is 2.09 bits per heavy atom. The van der Waals surface area contributed by atoms with E-state index in [1.54, 1.807) is 14.2 Å². The summed E-state index contributed by atoms with van der Waals surface area (Å²) in [7, 11) is 3.23. The van der Waals surface area contributed by atoms with Crippen molar-refractivity contribution in [1.82, 2.24) is 0 Å². The first-order chi connectivity index (χ1) is 11.2. The molecule has 23 heavy (non-hydrogen) atoms. The standard InChI is InChI=1S/C19H24O4/c1-14-9-10-15(2)18(13-14)22-11-6-12-23-19-16(20-3)7-5-8-17(19)21-4/h5,7-10,13H,6,11-12H2,1-4H3. The summed E-state index contributed by atoms with van der Waals surface area (Å²) in [5.74, 6) is 2.89. The van der Waals surface area contributed by atoms with Crippen LogP contribution in [-0.4, -0.2) is 27.4 Å². The van der Waals surface area contributed by atoms with Gasteiger partial charge in [0.1, 0.15) is 5.75 Å². The second-order valence-electron chi connectivity index (χ2n) is 5.31. The Hall–Kier alpha value is -2.36. The minimum Gasteiger partial charge on any atom is -0.493 e. The molecular formula is C19H24O4. The number of ether oxygens (including phenoxy) is 4. The van der Waals surface area contributed by atoms with Crippen LogP contribution in [0, 0.1) is 13.8 Å². The minimum absolute atomic E-state index is 0.529. The Labute approximate surface area is 137 Å². The molecule has 2 rings (SSSR count). The van der Waals surface area contributed by atoms with Gasteiger partial charge in [-0.1, -0.05) is 18.2 Å². The third kappa shape index (κ3) is 4.55. The van der Waals surface area contributed by atoms with Gasteiger partial charge in [0.15, 0.2) is 11.5 Å². The van der Waals surface area contributed by atoms with Crippen molar-refractivity contribution in [2.75, 3.05) is 27.4 Å². The maximum absolute atomic E-state index is 5.83. The average Bonchev–Trinajstić information content (AvgIpc) is 2.57. The molecule has 0 N–H and O–H groups in total. The van der Waals surface area contributed by atoms with Crippen LogP contribution in [0.5, 0.6) is 23.0 Å². The first-order valence-electron chi connectivity index (χ1n) is 7.69. The number of methoxy groups -OCH3 is 2. The Balaban J connectivity index is 1.85. The molecule has 0 bridgehead atoms. The highest BCUT2D eigenvalue weighted by atomic mass is 16.5. The second-order valence-corrected chi connectivity index (χ2v) is 5.31. The number of rotatable bonds is 8. The Kier molecular flexibility index (Phi) is 6.15. The van der Waals surface area contributed by atoms with E-state index in [4.69, 9.17) is 18.9 Å². The zero-order valence-corrected chi connectivity index (χ0v) is 14.2. The third-order valence-electron chi connectivity index (χ3n) is 3.52. The molecule has 4 heteroatoms. The molecular weight excluding hydrogens is 292 g/mol. The lowest BCUT2D eigenvalue weighted by Gasteiger charge is -2.14. The summed E-state index contributed by atoms with van der Waals surface area (Å²) in [6, 6.07) is 11.8. The highest BCUT2D eigenvalue weighted by Gasteiger charge is 2.10. The lowest BCUT2D eigenvalue weighted by Crippen LogP contribution is -2.07. The summed E-state index contributed by atoms with van der Waals surface area (Å²) < 4.78 is 22.3. The smallest absolute Gasteiger partial charge is 0.203 e. The fourth-order valence-electron chi connectivity index (χ4n) is 2.24. The first kappa shape index (κ1) is 17.0. The summed E-state index contributed by atoms with van der Waals surface area (Å²) >= 11 is 0. The van der Waals surface area contributed by atoms with Gasteiger partial charge in [-0.15, -0.1) is 0 Å². The predicted molar refractivity (Wildman–Crippen MR) is 91.1 cm³/mol. The molecule has 0 spiro atoms. The van der Waals surface area contributed by atoms with Crippen molar-refractivity contribution in [3.63, 3.8) is 0 Å². The Morgan fingerprint density at radius 1 is 0.783 bits per heavy atom. The molecule has 4 nitrogen and oxygen atoms in total. The van der Waals surface area contributed by atoms with E-state index in [2.05, 4.69) is 25.1 Å². The third-order valence-corrected chi connectivity index (χ3v) is 3.52. The van der Waals surface area contributed by atoms with Crippen LogP contribution in [0.3, 0.4) is 0 Å². The van der Waals surface area contributed by atoms with Crippen LogP contribution < -0.4 is 18.9 Å². The van der Waals surface area contributed by atoms with E-state index in [1.807, 2.05) is 25.1 Å². The minimum atomic E-state index is 0.529. The quantitative estimate of drug-likeness (QED) is 0.685. The molecule has 0 fully saturated rings. The molecule has 0 unspecified atom stereocenters. The Morgan fingerprint density at radius 2 is 1.43 bits per heavy atom. The maximum Gasteiger partial charge on any atom is 0.203 e. The van der Waals surface area contributed by atoms with Crippen molar-refractivity contribution < 1.29 is 18.9 Å². The van der Waals surface area contributed by atoms with Crippen molar-refractivity contribution in [3.8, 4) is 23.0 Å². The van der Waals surface area contributed by atoms with Gasteiger partial charge in [-0.2, -0.15) is 0 Å². The maximum atomic E-state index is 5.83. The van der Waals surface area contributed by atoms with E-state index in [1.165, 1.54) is 5.56 Å². The van der Waals surface area contributed by atoms with Gasteiger partial charge in [0.05, 0.1) is 27.4 Å². The second kappa shape index (κ2) is 8.32. The topological polar surface area (TPSA) is 36.9 Å². The van der Waals surface area contributed by atoms with E-state index in [9.17, 15) is 0 Å². The van der Waals surface area contributed by atoms with Gasteiger partial charge in [0, 0.05) is 6.42 Å². The zero-order chi connectivity index (χ0) is 16.7. The van der Waals surface area contributed by atoms with Crippen molar-refractivity contribution in [3.05, 3.63) is 47.5 Å². The molecule has 2 aromatic carbocycles. The zero-order valence-electron chi connectivity index (χ0n) is 14.2. The molecule has 124 valence electrons. The van der Waals surface area contributed by atoms with Gasteiger partial charge in [-0.25, -0.2) is 0 Å². The van der Waals surface area contributed by atoms with Crippen LogP contribution in [0.15, 0.2) is 36.4 Å². The highest BCUT2D eigenvalue weighted by Crippen LogP contribution is 2.36. The number of para-hydroxylation sites is 1. The molecule has 0 radical (unpaired) electrons. The number of aryl methyl sites for hydroxylation is 2. The number of hydrogen-bond acceptors (Lipinski definition) is 4. The molecule has 0 aliphatic rings. The number of benzene rings is 2. The van der Waals surface area contributed by atoms with E-state index in [0.29, 0.717) is 30.5 Å². The van der Waals surface area contributed by atoms with Crippen LogP contribution in [0.4, 0.5) is 0 Å². The van der Waals surface area contributed by atoms with E-state index >= 15 is 0 Å². The lowest BCUT2D eigenvalue weighted by molar-refractivity contribution is 0.232. The normalized spacial score (nSPS) is 10.3. The van der Waals surface area contributed by atoms with Gasteiger partial charge < -0.3 is 18.9 Å². The average molecular weight is 316 g/mol. The summed E-state index contributed by atoms with van der Waals surface area (Å²) in [4.78, 5) is 0. The summed E-state index contributed by atoms with van der Waals surface area (Å²) in [6.07, 6.45) is 0.772. The van der Waals surface area contributed by atoms with Gasteiger partial charge >= 0.3 is 0 Å². The SMILES string of the molecule is COc1cccc(OC)c1OCCCOc1cc(C)ccc1C. The van der Waals surface area contributed by atoms with Crippen molar-refractivity contribution in [2.24, 2.45) is 0 Å². The molecule has 2 aromatic rings. The Bertz CT molecular complexity index is 615.